The Labute approximate surface area is 114 Å². The van der Waals surface area contributed by atoms with Gasteiger partial charge in [0, 0.05) is 6.04 Å². The van der Waals surface area contributed by atoms with Crippen molar-refractivity contribution in [1.29, 1.82) is 0 Å². The zero-order valence-electron chi connectivity index (χ0n) is 11.5. The van der Waals surface area contributed by atoms with Crippen molar-refractivity contribution >= 4 is 0 Å². The van der Waals surface area contributed by atoms with Crippen molar-refractivity contribution in [3.8, 4) is 11.5 Å². The summed E-state index contributed by atoms with van der Waals surface area (Å²) < 4.78 is 10.7. The van der Waals surface area contributed by atoms with Crippen molar-refractivity contribution < 1.29 is 14.6 Å². The molecule has 1 aliphatic heterocycles. The molecular formula is C15H21NO3. The molecule has 4 nitrogen and oxygen atoms in total. The van der Waals surface area contributed by atoms with Gasteiger partial charge in [-0.3, -0.25) is 0 Å². The molecule has 2 atom stereocenters. The van der Waals surface area contributed by atoms with E-state index in [1.165, 1.54) is 11.1 Å². The maximum absolute atomic E-state index is 9.75. The van der Waals surface area contributed by atoms with Crippen LogP contribution in [0.4, 0.5) is 0 Å². The van der Waals surface area contributed by atoms with Gasteiger partial charge in [-0.15, -0.1) is 6.58 Å². The Morgan fingerprint density at radius 1 is 1.42 bits per heavy atom. The number of aliphatic hydroxyl groups is 1. The van der Waals surface area contributed by atoms with Gasteiger partial charge in [0.15, 0.2) is 11.5 Å². The Kier molecular flexibility index (Phi) is 4.45. The smallest absolute Gasteiger partial charge is 0.161 e. The summed E-state index contributed by atoms with van der Waals surface area (Å²) in [7, 11) is 3.28. The number of ether oxygens (including phenoxy) is 2. The number of nitrogens with one attached hydrogen (secondary N) is 1. The highest BCUT2D eigenvalue weighted by atomic mass is 16.5. The van der Waals surface area contributed by atoms with Gasteiger partial charge in [-0.1, -0.05) is 6.08 Å². The molecule has 0 aliphatic carbocycles. The van der Waals surface area contributed by atoms with Gasteiger partial charge in [-0.05, 0) is 42.6 Å². The first-order valence-corrected chi connectivity index (χ1v) is 6.48. The Hall–Kier alpha value is -1.52. The molecule has 0 spiro atoms. The summed E-state index contributed by atoms with van der Waals surface area (Å²) in [5.41, 5.74) is 2.42. The van der Waals surface area contributed by atoms with Gasteiger partial charge >= 0.3 is 0 Å². The van der Waals surface area contributed by atoms with E-state index in [9.17, 15) is 5.11 Å². The van der Waals surface area contributed by atoms with Gasteiger partial charge in [0.2, 0.25) is 0 Å². The van der Waals surface area contributed by atoms with Gasteiger partial charge in [0.05, 0.1) is 20.3 Å². The van der Waals surface area contributed by atoms with Crippen molar-refractivity contribution in [3.05, 3.63) is 35.9 Å². The normalized spacial score (nSPS) is 19.4. The number of benzene rings is 1. The van der Waals surface area contributed by atoms with Crippen LogP contribution in [-0.4, -0.2) is 32.0 Å². The van der Waals surface area contributed by atoms with Crippen molar-refractivity contribution in [2.24, 2.45) is 0 Å². The van der Waals surface area contributed by atoms with E-state index in [0.717, 1.165) is 24.5 Å². The topological polar surface area (TPSA) is 50.7 Å². The van der Waals surface area contributed by atoms with Crippen LogP contribution < -0.4 is 14.8 Å². The van der Waals surface area contributed by atoms with E-state index in [-0.39, 0.29) is 6.04 Å². The maximum Gasteiger partial charge on any atom is 0.161 e. The summed E-state index contributed by atoms with van der Waals surface area (Å²) in [5, 5.41) is 13.2. The van der Waals surface area contributed by atoms with E-state index < -0.39 is 6.10 Å². The van der Waals surface area contributed by atoms with Crippen LogP contribution in [0.1, 0.15) is 23.6 Å². The minimum Gasteiger partial charge on any atom is -0.493 e. The third-order valence-corrected chi connectivity index (χ3v) is 3.56. The molecule has 1 unspecified atom stereocenters. The summed E-state index contributed by atoms with van der Waals surface area (Å²) >= 11 is 0. The molecular weight excluding hydrogens is 242 g/mol. The highest BCUT2D eigenvalue weighted by Gasteiger charge is 2.23. The van der Waals surface area contributed by atoms with E-state index in [2.05, 4.69) is 11.9 Å². The Morgan fingerprint density at radius 2 is 2.11 bits per heavy atom. The molecule has 4 heteroatoms. The number of aliphatic hydroxyl groups excluding tert-OH is 1. The lowest BCUT2D eigenvalue weighted by atomic mass is 9.90. The molecule has 104 valence electrons. The van der Waals surface area contributed by atoms with Gasteiger partial charge in [0.1, 0.15) is 0 Å². The molecule has 2 N–H and O–H groups in total. The van der Waals surface area contributed by atoms with E-state index in [0.29, 0.717) is 6.42 Å². The molecule has 1 aromatic rings. The second-order valence-corrected chi connectivity index (χ2v) is 4.70. The molecule has 0 saturated heterocycles. The summed E-state index contributed by atoms with van der Waals surface area (Å²) in [6, 6.07) is 4.15. The fraction of sp³-hybridized carbons (Fsp3) is 0.467. The molecule has 0 aromatic heterocycles. The number of hydrogen-bond donors (Lipinski definition) is 2. The molecule has 0 saturated carbocycles. The Morgan fingerprint density at radius 3 is 2.74 bits per heavy atom. The highest BCUT2D eigenvalue weighted by Crippen LogP contribution is 2.36. The molecule has 1 aromatic carbocycles. The minimum absolute atomic E-state index is 0.122. The quantitative estimate of drug-likeness (QED) is 0.796. The van der Waals surface area contributed by atoms with E-state index in [4.69, 9.17) is 9.47 Å². The van der Waals surface area contributed by atoms with Gasteiger partial charge < -0.3 is 19.9 Å². The van der Waals surface area contributed by atoms with Crippen molar-refractivity contribution in [2.45, 2.75) is 25.0 Å². The number of fused-ring (bicyclic) bond motifs is 1. The van der Waals surface area contributed by atoms with Crippen molar-refractivity contribution in [1.82, 2.24) is 5.32 Å². The number of methoxy groups -OCH3 is 2. The highest BCUT2D eigenvalue weighted by molar-refractivity contribution is 5.49. The largest absolute Gasteiger partial charge is 0.493 e. The molecule has 0 fully saturated rings. The first kappa shape index (κ1) is 13.9. The van der Waals surface area contributed by atoms with Crippen LogP contribution in [0.2, 0.25) is 0 Å². The summed E-state index contributed by atoms with van der Waals surface area (Å²) in [4.78, 5) is 0. The Balaban J connectivity index is 2.34. The standard InChI is InChI=1S/C15H21NO3/c1-4-11(17)8-13-12-9-15(19-3)14(18-2)7-10(12)5-6-16-13/h4,7,9,11,13,16-17H,1,5-6,8H2,2-3H3/t11?,13-/m1/s1. The van der Waals surface area contributed by atoms with Crippen LogP contribution in [0.5, 0.6) is 11.5 Å². The summed E-state index contributed by atoms with van der Waals surface area (Å²) in [5.74, 6) is 1.48. The average molecular weight is 263 g/mol. The van der Waals surface area contributed by atoms with Gasteiger partial charge in [-0.2, -0.15) is 0 Å². The second kappa shape index (κ2) is 6.08. The van der Waals surface area contributed by atoms with Crippen LogP contribution >= 0.6 is 0 Å². The van der Waals surface area contributed by atoms with Crippen molar-refractivity contribution in [3.63, 3.8) is 0 Å². The van der Waals surface area contributed by atoms with Crippen LogP contribution in [0.3, 0.4) is 0 Å². The molecule has 0 amide bonds. The predicted octanol–water partition coefficient (Wildman–Crippen LogP) is 1.83. The Bertz CT molecular complexity index is 459. The summed E-state index contributed by atoms with van der Waals surface area (Å²) in [6.45, 7) is 4.52. The van der Waals surface area contributed by atoms with Crippen molar-refractivity contribution in [2.75, 3.05) is 20.8 Å². The van der Waals surface area contributed by atoms with E-state index in [1.807, 2.05) is 12.1 Å². The first-order valence-electron chi connectivity index (χ1n) is 6.48. The molecule has 1 aliphatic rings. The molecule has 1 heterocycles. The SMILES string of the molecule is C=CC(O)C[C@H]1NCCc2cc(OC)c(OC)cc21. The number of rotatable bonds is 5. The molecule has 0 bridgehead atoms. The number of hydrogen-bond acceptors (Lipinski definition) is 4. The van der Waals surface area contributed by atoms with Gasteiger partial charge in [0.25, 0.3) is 0 Å². The fourth-order valence-electron chi connectivity index (χ4n) is 2.52. The zero-order valence-corrected chi connectivity index (χ0v) is 11.5. The second-order valence-electron chi connectivity index (χ2n) is 4.70. The average Bonchev–Trinajstić information content (AvgIpc) is 2.45. The predicted molar refractivity (Wildman–Crippen MR) is 74.8 cm³/mol. The maximum atomic E-state index is 9.75. The molecule has 0 radical (unpaired) electrons. The first-order chi connectivity index (χ1) is 9.19. The lowest BCUT2D eigenvalue weighted by Gasteiger charge is -2.29. The van der Waals surface area contributed by atoms with Crippen LogP contribution in [0.25, 0.3) is 0 Å². The third kappa shape index (κ3) is 2.91. The van der Waals surface area contributed by atoms with Gasteiger partial charge in [-0.25, -0.2) is 0 Å². The molecule has 2 rings (SSSR count). The van der Waals surface area contributed by atoms with Crippen LogP contribution in [0, 0.1) is 0 Å². The minimum atomic E-state index is -0.503. The monoisotopic (exact) mass is 263 g/mol. The van der Waals surface area contributed by atoms with E-state index >= 15 is 0 Å². The lowest BCUT2D eigenvalue weighted by Crippen LogP contribution is -2.32. The third-order valence-electron chi connectivity index (χ3n) is 3.56. The van der Waals surface area contributed by atoms with E-state index in [1.54, 1.807) is 20.3 Å². The zero-order chi connectivity index (χ0) is 13.8. The fourth-order valence-corrected chi connectivity index (χ4v) is 2.52. The lowest BCUT2D eigenvalue weighted by molar-refractivity contribution is 0.193. The van der Waals surface area contributed by atoms with Crippen LogP contribution in [-0.2, 0) is 6.42 Å². The van der Waals surface area contributed by atoms with Crippen LogP contribution in [0.15, 0.2) is 24.8 Å². The molecule has 19 heavy (non-hydrogen) atoms. The summed E-state index contributed by atoms with van der Waals surface area (Å²) in [6.07, 6.45) is 2.63.